The maximum atomic E-state index is 11.7. The minimum atomic E-state index is -0.0949. The summed E-state index contributed by atoms with van der Waals surface area (Å²) < 4.78 is 0. The highest BCUT2D eigenvalue weighted by Gasteiger charge is 2.14. The molecule has 1 aliphatic rings. The second-order valence-corrected chi connectivity index (χ2v) is 5.67. The zero-order chi connectivity index (χ0) is 14.9. The van der Waals surface area contributed by atoms with Crippen LogP contribution >= 0.6 is 0 Å². The van der Waals surface area contributed by atoms with Gasteiger partial charge in [0.1, 0.15) is 0 Å². The highest BCUT2D eigenvalue weighted by atomic mass is 16.6. The summed E-state index contributed by atoms with van der Waals surface area (Å²) in [5.41, 5.74) is 2.13. The van der Waals surface area contributed by atoms with Gasteiger partial charge in [0, 0.05) is 6.54 Å². The van der Waals surface area contributed by atoms with Crippen LogP contribution < -0.4 is 5.32 Å². The molecule has 0 unspecified atom stereocenters. The fourth-order valence-electron chi connectivity index (χ4n) is 2.62. The Hall–Kier alpha value is -1.84. The summed E-state index contributed by atoms with van der Waals surface area (Å²) in [5.74, 6) is 0.542. The van der Waals surface area contributed by atoms with Crippen molar-refractivity contribution in [2.45, 2.75) is 39.0 Å². The van der Waals surface area contributed by atoms with Gasteiger partial charge in [-0.2, -0.15) is 0 Å². The molecule has 4 heteroatoms. The van der Waals surface area contributed by atoms with Crippen LogP contribution in [0.2, 0.25) is 0 Å². The molecule has 0 bridgehead atoms. The zero-order valence-corrected chi connectivity index (χ0v) is 12.7. The normalized spacial score (nSPS) is 16.0. The Morgan fingerprint density at radius 1 is 1.33 bits per heavy atom. The number of carbonyl (C=O) groups excluding carboxylic acids is 1. The molecule has 0 aromatic heterocycles. The van der Waals surface area contributed by atoms with Gasteiger partial charge >= 0.3 is 0 Å². The second kappa shape index (κ2) is 8.45. The van der Waals surface area contributed by atoms with Gasteiger partial charge in [-0.25, -0.2) is 0 Å². The first-order valence-electron chi connectivity index (χ1n) is 7.73. The highest BCUT2D eigenvalue weighted by molar-refractivity contribution is 5.81. The lowest BCUT2D eigenvalue weighted by Gasteiger charge is -2.21. The molecular formula is C17H24N2O2. The Labute approximate surface area is 126 Å². The number of nitrogens with zero attached hydrogens (tertiary/aromatic N) is 1. The molecule has 1 aromatic rings. The highest BCUT2D eigenvalue weighted by Crippen LogP contribution is 2.22. The van der Waals surface area contributed by atoms with Crippen molar-refractivity contribution in [1.29, 1.82) is 0 Å². The van der Waals surface area contributed by atoms with Crippen LogP contribution in [0.3, 0.4) is 0 Å². The lowest BCUT2D eigenvalue weighted by atomic mass is 9.89. The summed E-state index contributed by atoms with van der Waals surface area (Å²) in [6.45, 7) is 2.76. The van der Waals surface area contributed by atoms with Crippen molar-refractivity contribution < 1.29 is 9.63 Å². The van der Waals surface area contributed by atoms with Gasteiger partial charge in [0.05, 0.1) is 6.21 Å². The number of aryl methyl sites for hydroxylation is 1. The van der Waals surface area contributed by atoms with E-state index in [1.807, 2.05) is 31.2 Å². The van der Waals surface area contributed by atoms with Crippen molar-refractivity contribution in [3.05, 3.63) is 35.4 Å². The first-order valence-corrected chi connectivity index (χ1v) is 7.73. The van der Waals surface area contributed by atoms with Gasteiger partial charge < -0.3 is 10.2 Å². The molecule has 1 aromatic carbocycles. The predicted molar refractivity (Wildman–Crippen MR) is 84.3 cm³/mol. The van der Waals surface area contributed by atoms with E-state index in [4.69, 9.17) is 4.84 Å². The molecule has 1 fully saturated rings. The van der Waals surface area contributed by atoms with E-state index < -0.39 is 0 Å². The molecule has 0 spiro atoms. The van der Waals surface area contributed by atoms with E-state index in [9.17, 15) is 4.79 Å². The molecule has 2 rings (SSSR count). The SMILES string of the molecule is Cc1ccccc1/C=N/OCC(=O)NCC1CCCCC1. The molecule has 1 N–H and O–H groups in total. The summed E-state index contributed by atoms with van der Waals surface area (Å²) in [5, 5.41) is 6.78. The topological polar surface area (TPSA) is 50.7 Å². The number of hydrogen-bond acceptors (Lipinski definition) is 3. The van der Waals surface area contributed by atoms with E-state index >= 15 is 0 Å². The first kappa shape index (κ1) is 15.5. The summed E-state index contributed by atoms with van der Waals surface area (Å²) in [7, 11) is 0. The standard InChI is InChI=1S/C17H24N2O2/c1-14-7-5-6-10-16(14)12-19-21-13-17(20)18-11-15-8-3-2-4-9-15/h5-7,10,12,15H,2-4,8-9,11,13H2,1H3,(H,18,20)/b19-12+. The number of nitrogens with one attached hydrogen (secondary N) is 1. The molecule has 114 valence electrons. The predicted octanol–water partition coefficient (Wildman–Crippen LogP) is 3.04. The molecule has 0 atom stereocenters. The molecule has 0 saturated heterocycles. The van der Waals surface area contributed by atoms with E-state index in [0.717, 1.165) is 17.7 Å². The van der Waals surface area contributed by atoms with Crippen LogP contribution in [0.5, 0.6) is 0 Å². The number of oxime groups is 1. The number of carbonyl (C=O) groups is 1. The van der Waals surface area contributed by atoms with Crippen LogP contribution in [0.25, 0.3) is 0 Å². The van der Waals surface area contributed by atoms with Crippen LogP contribution in [-0.2, 0) is 9.63 Å². The Balaban J connectivity index is 1.63. The van der Waals surface area contributed by atoms with Gasteiger partial charge in [0.25, 0.3) is 5.91 Å². The van der Waals surface area contributed by atoms with Crippen molar-refractivity contribution in [2.75, 3.05) is 13.2 Å². The number of amides is 1. The molecular weight excluding hydrogens is 264 g/mol. The van der Waals surface area contributed by atoms with Gasteiger partial charge in [-0.05, 0) is 36.8 Å². The molecule has 0 heterocycles. The maximum Gasteiger partial charge on any atom is 0.260 e. The van der Waals surface area contributed by atoms with E-state index in [0.29, 0.717) is 5.92 Å². The molecule has 21 heavy (non-hydrogen) atoms. The Morgan fingerprint density at radius 2 is 2.10 bits per heavy atom. The summed E-state index contributed by atoms with van der Waals surface area (Å²) in [4.78, 5) is 16.7. The van der Waals surface area contributed by atoms with Crippen LogP contribution in [0.4, 0.5) is 0 Å². The maximum absolute atomic E-state index is 11.7. The third kappa shape index (κ3) is 5.58. The van der Waals surface area contributed by atoms with Crippen molar-refractivity contribution in [3.8, 4) is 0 Å². The Morgan fingerprint density at radius 3 is 2.86 bits per heavy atom. The monoisotopic (exact) mass is 288 g/mol. The third-order valence-electron chi connectivity index (χ3n) is 3.96. The molecule has 1 saturated carbocycles. The van der Waals surface area contributed by atoms with Gasteiger partial charge in [-0.1, -0.05) is 48.7 Å². The molecule has 4 nitrogen and oxygen atoms in total. The van der Waals surface area contributed by atoms with E-state index in [1.54, 1.807) is 6.21 Å². The zero-order valence-electron chi connectivity index (χ0n) is 12.7. The van der Waals surface area contributed by atoms with Gasteiger partial charge in [-0.3, -0.25) is 4.79 Å². The van der Waals surface area contributed by atoms with E-state index in [2.05, 4.69) is 10.5 Å². The van der Waals surface area contributed by atoms with Gasteiger partial charge in [0.2, 0.25) is 0 Å². The number of benzene rings is 1. The number of hydrogen-bond donors (Lipinski definition) is 1. The fourth-order valence-corrected chi connectivity index (χ4v) is 2.62. The molecule has 1 amide bonds. The molecule has 0 radical (unpaired) electrons. The minimum absolute atomic E-state index is 0.0187. The first-order chi connectivity index (χ1) is 10.3. The molecule has 1 aliphatic carbocycles. The summed E-state index contributed by atoms with van der Waals surface area (Å²) in [6.07, 6.45) is 8.01. The van der Waals surface area contributed by atoms with Gasteiger partial charge in [0.15, 0.2) is 6.61 Å². The molecule has 0 aliphatic heterocycles. The van der Waals surface area contributed by atoms with E-state index in [-0.39, 0.29) is 12.5 Å². The quantitative estimate of drug-likeness (QED) is 0.646. The van der Waals surface area contributed by atoms with Crippen molar-refractivity contribution in [3.63, 3.8) is 0 Å². The second-order valence-electron chi connectivity index (χ2n) is 5.67. The fraction of sp³-hybridized carbons (Fsp3) is 0.529. The minimum Gasteiger partial charge on any atom is -0.386 e. The third-order valence-corrected chi connectivity index (χ3v) is 3.96. The average molecular weight is 288 g/mol. The van der Waals surface area contributed by atoms with Crippen LogP contribution in [-0.4, -0.2) is 25.3 Å². The van der Waals surface area contributed by atoms with Crippen molar-refractivity contribution in [1.82, 2.24) is 5.32 Å². The largest absolute Gasteiger partial charge is 0.386 e. The van der Waals surface area contributed by atoms with E-state index in [1.165, 1.54) is 32.1 Å². The summed E-state index contributed by atoms with van der Waals surface area (Å²) in [6, 6.07) is 7.90. The van der Waals surface area contributed by atoms with Gasteiger partial charge in [-0.15, -0.1) is 0 Å². The Bertz CT molecular complexity index is 479. The summed E-state index contributed by atoms with van der Waals surface area (Å²) >= 11 is 0. The average Bonchev–Trinajstić information content (AvgIpc) is 2.52. The van der Waals surface area contributed by atoms with Crippen molar-refractivity contribution >= 4 is 12.1 Å². The Kier molecular flexibility index (Phi) is 6.25. The van der Waals surface area contributed by atoms with Crippen LogP contribution in [0, 0.1) is 12.8 Å². The lowest BCUT2D eigenvalue weighted by molar-refractivity contribution is -0.125. The van der Waals surface area contributed by atoms with Crippen LogP contribution in [0.1, 0.15) is 43.2 Å². The lowest BCUT2D eigenvalue weighted by Crippen LogP contribution is -2.32. The number of rotatable bonds is 6. The smallest absolute Gasteiger partial charge is 0.260 e. The van der Waals surface area contributed by atoms with Crippen LogP contribution in [0.15, 0.2) is 29.4 Å². The van der Waals surface area contributed by atoms with Crippen molar-refractivity contribution in [2.24, 2.45) is 11.1 Å².